The molecule has 3 heterocycles. The molecule has 1 aromatic heterocycles. The number of carbonyl (C=O) groups is 1. The van der Waals surface area contributed by atoms with Gasteiger partial charge in [-0.05, 0) is 37.8 Å². The zero-order chi connectivity index (χ0) is 11.7. The molecule has 2 fully saturated rings. The summed E-state index contributed by atoms with van der Waals surface area (Å²) in [5, 5.41) is 7.15. The van der Waals surface area contributed by atoms with Gasteiger partial charge in [0.2, 0.25) is 0 Å². The smallest absolute Gasteiger partial charge is 0.276 e. The summed E-state index contributed by atoms with van der Waals surface area (Å²) >= 11 is 0. The van der Waals surface area contributed by atoms with Crippen LogP contribution in [0, 0.1) is 11.8 Å². The predicted molar refractivity (Wildman–Crippen MR) is 68.7 cm³/mol. The van der Waals surface area contributed by atoms with E-state index in [4.69, 9.17) is 4.52 Å². The zero-order valence-corrected chi connectivity index (χ0v) is 11.0. The molecule has 0 unspecified atom stereocenters. The molecule has 1 aromatic rings. The fourth-order valence-corrected chi connectivity index (χ4v) is 2.91. The highest BCUT2D eigenvalue weighted by molar-refractivity contribution is 5.92. The summed E-state index contributed by atoms with van der Waals surface area (Å²) in [6.07, 6.45) is 3.65. The lowest BCUT2D eigenvalue weighted by atomic mass is 9.92. The first-order valence-corrected chi connectivity index (χ1v) is 6.25. The number of aromatic nitrogens is 1. The van der Waals surface area contributed by atoms with Crippen LogP contribution in [0.15, 0.2) is 16.9 Å². The van der Waals surface area contributed by atoms with Crippen molar-refractivity contribution >= 4 is 18.3 Å². The van der Waals surface area contributed by atoms with Gasteiger partial charge in [-0.3, -0.25) is 4.79 Å². The third kappa shape index (κ3) is 2.52. The lowest BCUT2D eigenvalue weighted by Gasteiger charge is -2.19. The van der Waals surface area contributed by atoms with Crippen LogP contribution in [-0.2, 0) is 0 Å². The summed E-state index contributed by atoms with van der Waals surface area (Å²) < 4.78 is 4.72. The van der Waals surface area contributed by atoms with E-state index in [2.05, 4.69) is 10.5 Å². The summed E-state index contributed by atoms with van der Waals surface area (Å²) in [4.78, 5) is 14.0. The van der Waals surface area contributed by atoms with Gasteiger partial charge >= 0.3 is 0 Å². The number of amides is 1. The second-order valence-corrected chi connectivity index (χ2v) is 4.93. The standard InChI is InChI=1S/C12H17N3O2.ClH/c16-12(11-3-6-17-14-11)15-4-1-9-7-13-8-10(9)2-5-15;/h3,6,9-10,13H,1-2,4-5,7-8H2;1H/t9-,10+;. The van der Waals surface area contributed by atoms with Gasteiger partial charge in [-0.15, -0.1) is 12.4 Å². The second-order valence-electron chi connectivity index (χ2n) is 4.93. The normalized spacial score (nSPS) is 27.2. The molecule has 0 radical (unpaired) electrons. The van der Waals surface area contributed by atoms with E-state index >= 15 is 0 Å². The van der Waals surface area contributed by atoms with Gasteiger partial charge in [-0.2, -0.15) is 0 Å². The molecule has 0 spiro atoms. The Kier molecular flexibility index (Phi) is 4.24. The summed E-state index contributed by atoms with van der Waals surface area (Å²) in [5.74, 6) is 1.49. The molecule has 100 valence electrons. The molecular formula is C12H18ClN3O2. The van der Waals surface area contributed by atoms with E-state index in [0.717, 1.165) is 50.9 Å². The van der Waals surface area contributed by atoms with Crippen LogP contribution in [0.5, 0.6) is 0 Å². The molecule has 2 saturated heterocycles. The summed E-state index contributed by atoms with van der Waals surface area (Å²) in [6, 6.07) is 1.63. The molecule has 0 aromatic carbocycles. The van der Waals surface area contributed by atoms with E-state index in [1.54, 1.807) is 6.07 Å². The number of hydrogen-bond donors (Lipinski definition) is 1. The Hall–Kier alpha value is -1.07. The average molecular weight is 272 g/mol. The Labute approximate surface area is 112 Å². The lowest BCUT2D eigenvalue weighted by Crippen LogP contribution is -2.32. The van der Waals surface area contributed by atoms with Crippen LogP contribution in [0.1, 0.15) is 23.3 Å². The molecule has 0 saturated carbocycles. The van der Waals surface area contributed by atoms with Gasteiger partial charge in [-0.25, -0.2) is 0 Å². The SMILES string of the molecule is Cl.O=C(c1ccon1)N1CC[C@@H]2CNC[C@@H]2CC1. The van der Waals surface area contributed by atoms with E-state index in [-0.39, 0.29) is 18.3 Å². The van der Waals surface area contributed by atoms with Crippen molar-refractivity contribution in [2.24, 2.45) is 11.8 Å². The van der Waals surface area contributed by atoms with E-state index in [1.807, 2.05) is 4.90 Å². The van der Waals surface area contributed by atoms with Crippen molar-refractivity contribution in [1.29, 1.82) is 0 Å². The molecule has 0 aliphatic carbocycles. The monoisotopic (exact) mass is 271 g/mol. The van der Waals surface area contributed by atoms with Crippen LogP contribution in [0.4, 0.5) is 0 Å². The number of nitrogens with one attached hydrogen (secondary N) is 1. The molecule has 1 N–H and O–H groups in total. The maximum atomic E-state index is 12.1. The molecule has 3 rings (SSSR count). The zero-order valence-electron chi connectivity index (χ0n) is 10.2. The molecule has 5 nitrogen and oxygen atoms in total. The first-order chi connectivity index (χ1) is 8.34. The third-order valence-electron chi connectivity index (χ3n) is 3.96. The first kappa shape index (κ1) is 13.4. The maximum Gasteiger partial charge on any atom is 0.276 e. The Balaban J connectivity index is 0.00000120. The molecule has 1 amide bonds. The molecule has 2 atom stereocenters. The van der Waals surface area contributed by atoms with Gasteiger partial charge in [0, 0.05) is 19.2 Å². The number of likely N-dealkylation sites (tertiary alicyclic amines) is 1. The largest absolute Gasteiger partial charge is 0.364 e. The first-order valence-electron chi connectivity index (χ1n) is 6.25. The van der Waals surface area contributed by atoms with Crippen LogP contribution >= 0.6 is 12.4 Å². The average Bonchev–Trinajstić information content (AvgIpc) is 2.97. The number of rotatable bonds is 1. The van der Waals surface area contributed by atoms with Crippen molar-refractivity contribution in [1.82, 2.24) is 15.4 Å². The van der Waals surface area contributed by atoms with Crippen molar-refractivity contribution in [3.8, 4) is 0 Å². The van der Waals surface area contributed by atoms with Gasteiger partial charge in [0.15, 0.2) is 5.69 Å². The topological polar surface area (TPSA) is 58.4 Å². The van der Waals surface area contributed by atoms with E-state index in [0.29, 0.717) is 5.69 Å². The minimum Gasteiger partial charge on any atom is -0.364 e. The summed E-state index contributed by atoms with van der Waals surface area (Å²) in [5.41, 5.74) is 0.426. The number of halogens is 1. The summed E-state index contributed by atoms with van der Waals surface area (Å²) in [6.45, 7) is 3.90. The number of nitrogens with zero attached hydrogens (tertiary/aromatic N) is 2. The maximum absolute atomic E-state index is 12.1. The van der Waals surface area contributed by atoms with Crippen LogP contribution < -0.4 is 5.32 Å². The van der Waals surface area contributed by atoms with E-state index in [9.17, 15) is 4.79 Å². The van der Waals surface area contributed by atoms with Crippen LogP contribution in [-0.4, -0.2) is 42.1 Å². The van der Waals surface area contributed by atoms with Gasteiger partial charge in [-0.1, -0.05) is 5.16 Å². The van der Waals surface area contributed by atoms with Gasteiger partial charge < -0.3 is 14.7 Å². The third-order valence-corrected chi connectivity index (χ3v) is 3.96. The lowest BCUT2D eigenvalue weighted by molar-refractivity contribution is 0.0748. The Morgan fingerprint density at radius 2 is 2.00 bits per heavy atom. The minimum absolute atomic E-state index is 0. The van der Waals surface area contributed by atoms with Gasteiger partial charge in [0.25, 0.3) is 5.91 Å². The fourth-order valence-electron chi connectivity index (χ4n) is 2.91. The summed E-state index contributed by atoms with van der Waals surface area (Å²) in [7, 11) is 0. The van der Waals surface area contributed by atoms with Crippen LogP contribution in [0.2, 0.25) is 0 Å². The highest BCUT2D eigenvalue weighted by Gasteiger charge is 2.32. The van der Waals surface area contributed by atoms with Crippen LogP contribution in [0.25, 0.3) is 0 Å². The van der Waals surface area contributed by atoms with Crippen molar-refractivity contribution in [2.45, 2.75) is 12.8 Å². The van der Waals surface area contributed by atoms with Crippen molar-refractivity contribution in [3.05, 3.63) is 18.0 Å². The van der Waals surface area contributed by atoms with Crippen molar-refractivity contribution in [3.63, 3.8) is 0 Å². The minimum atomic E-state index is 0. The van der Waals surface area contributed by atoms with E-state index in [1.165, 1.54) is 6.26 Å². The number of fused-ring (bicyclic) bond motifs is 1. The van der Waals surface area contributed by atoms with Crippen molar-refractivity contribution < 1.29 is 9.32 Å². The van der Waals surface area contributed by atoms with Crippen molar-refractivity contribution in [2.75, 3.05) is 26.2 Å². The molecule has 18 heavy (non-hydrogen) atoms. The quantitative estimate of drug-likeness (QED) is 0.833. The molecular weight excluding hydrogens is 254 g/mol. The Morgan fingerprint density at radius 3 is 2.56 bits per heavy atom. The molecule has 2 aliphatic heterocycles. The number of hydrogen-bond acceptors (Lipinski definition) is 4. The molecule has 0 bridgehead atoms. The number of carbonyl (C=O) groups excluding carboxylic acids is 1. The Bertz CT molecular complexity index is 382. The fraction of sp³-hybridized carbons (Fsp3) is 0.667. The molecule has 2 aliphatic rings. The van der Waals surface area contributed by atoms with E-state index < -0.39 is 0 Å². The highest BCUT2D eigenvalue weighted by Crippen LogP contribution is 2.27. The van der Waals surface area contributed by atoms with Gasteiger partial charge in [0.1, 0.15) is 6.26 Å². The highest BCUT2D eigenvalue weighted by atomic mass is 35.5. The Morgan fingerprint density at radius 1 is 1.33 bits per heavy atom. The predicted octanol–water partition coefficient (Wildman–Crippen LogP) is 1.17. The second kappa shape index (κ2) is 5.71. The molecule has 6 heteroatoms. The van der Waals surface area contributed by atoms with Crippen LogP contribution in [0.3, 0.4) is 0 Å². The van der Waals surface area contributed by atoms with Gasteiger partial charge in [0.05, 0.1) is 0 Å².